The smallest absolute Gasteiger partial charge is 0.260 e. The first kappa shape index (κ1) is 11.2. The Morgan fingerprint density at radius 2 is 2.08 bits per heavy atom. The van der Waals surface area contributed by atoms with Crippen LogP contribution in [0.1, 0.15) is 26.7 Å². The molecule has 3 heteroatoms. The zero-order valence-electron chi connectivity index (χ0n) is 8.35. The third-order valence-electron chi connectivity index (χ3n) is 1.42. The number of rotatable bonds is 4. The first-order valence-corrected chi connectivity index (χ1v) is 4.23. The van der Waals surface area contributed by atoms with Gasteiger partial charge in [-0.05, 0) is 13.3 Å². The van der Waals surface area contributed by atoms with Gasteiger partial charge >= 0.3 is 0 Å². The number of unbranched alkanes of at least 4 members (excludes halogenated alkanes) is 1. The van der Waals surface area contributed by atoms with Gasteiger partial charge in [0.05, 0.1) is 0 Å². The maximum absolute atomic E-state index is 11.2. The topological polar surface area (TPSA) is 32.3 Å². The van der Waals surface area contributed by atoms with Crippen LogP contribution in [0, 0.1) is 0 Å². The highest BCUT2D eigenvalue weighted by molar-refractivity contribution is 5.92. The molecule has 0 atom stereocenters. The van der Waals surface area contributed by atoms with Gasteiger partial charge < -0.3 is 0 Å². The first-order valence-electron chi connectivity index (χ1n) is 4.23. The van der Waals surface area contributed by atoms with Gasteiger partial charge in [-0.25, -0.2) is 5.01 Å². The van der Waals surface area contributed by atoms with Gasteiger partial charge in [-0.2, -0.15) is 0 Å². The molecule has 0 fully saturated rings. The van der Waals surface area contributed by atoms with Crippen LogP contribution >= 0.6 is 0 Å². The van der Waals surface area contributed by atoms with E-state index >= 15 is 0 Å². The molecule has 0 saturated heterocycles. The molecule has 0 aromatic rings. The minimum absolute atomic E-state index is 0.0200. The van der Waals surface area contributed by atoms with E-state index in [4.69, 9.17) is 0 Å². The zero-order chi connectivity index (χ0) is 9.56. The van der Waals surface area contributed by atoms with Crippen molar-refractivity contribution in [1.82, 2.24) is 10.4 Å². The fourth-order valence-electron chi connectivity index (χ4n) is 0.745. The summed E-state index contributed by atoms with van der Waals surface area (Å²) in [6, 6.07) is 0. The van der Waals surface area contributed by atoms with Crippen LogP contribution in [0.15, 0.2) is 11.6 Å². The van der Waals surface area contributed by atoms with Crippen LogP contribution in [0.5, 0.6) is 0 Å². The number of nitrogens with zero attached hydrogens (tertiary/aromatic N) is 1. The number of carbonyl (C=O) groups excluding carboxylic acids is 1. The van der Waals surface area contributed by atoms with Crippen molar-refractivity contribution in [2.45, 2.75) is 26.7 Å². The molecule has 0 aromatic carbocycles. The van der Waals surface area contributed by atoms with E-state index in [1.807, 2.05) is 13.0 Å². The van der Waals surface area contributed by atoms with E-state index in [1.165, 1.54) is 0 Å². The summed E-state index contributed by atoms with van der Waals surface area (Å²) in [5.74, 6) is -0.0200. The second-order valence-corrected chi connectivity index (χ2v) is 3.01. The molecule has 70 valence electrons. The number of carbonyl (C=O) groups is 1. The van der Waals surface area contributed by atoms with E-state index in [0.29, 0.717) is 0 Å². The molecule has 1 N–H and O–H groups in total. The van der Waals surface area contributed by atoms with Gasteiger partial charge in [0.15, 0.2) is 0 Å². The predicted octanol–water partition coefficient (Wildman–Crippen LogP) is 1.33. The maximum Gasteiger partial charge on any atom is 0.260 e. The quantitative estimate of drug-likeness (QED) is 0.510. The molecule has 12 heavy (non-hydrogen) atoms. The van der Waals surface area contributed by atoms with E-state index in [1.54, 1.807) is 19.1 Å². The highest BCUT2D eigenvalue weighted by atomic mass is 16.2. The lowest BCUT2D eigenvalue weighted by atomic mass is 10.2. The largest absolute Gasteiger partial charge is 0.286 e. The summed E-state index contributed by atoms with van der Waals surface area (Å²) in [7, 11) is 3.59. The summed E-state index contributed by atoms with van der Waals surface area (Å²) < 4.78 is 0. The lowest BCUT2D eigenvalue weighted by molar-refractivity contribution is -0.121. The van der Waals surface area contributed by atoms with Gasteiger partial charge in [-0.15, -0.1) is 0 Å². The lowest BCUT2D eigenvalue weighted by Gasteiger charge is -2.11. The Labute approximate surface area is 74.4 Å². The summed E-state index contributed by atoms with van der Waals surface area (Å²) >= 11 is 0. The van der Waals surface area contributed by atoms with Gasteiger partial charge in [-0.3, -0.25) is 10.2 Å². The Kier molecular flexibility index (Phi) is 5.37. The van der Waals surface area contributed by atoms with Gasteiger partial charge in [0.1, 0.15) is 0 Å². The van der Waals surface area contributed by atoms with Crippen LogP contribution in [0.25, 0.3) is 0 Å². The van der Waals surface area contributed by atoms with Crippen molar-refractivity contribution in [3.05, 3.63) is 11.6 Å². The SMILES string of the molecule is CCC/C=C(\C)C(=O)NN(C)C. The lowest BCUT2D eigenvalue weighted by Crippen LogP contribution is -2.36. The van der Waals surface area contributed by atoms with Crippen LogP contribution in [0.3, 0.4) is 0 Å². The summed E-state index contributed by atoms with van der Waals surface area (Å²) in [6.07, 6.45) is 4.00. The molecule has 0 aliphatic carbocycles. The standard InChI is InChI=1S/C9H18N2O/c1-5-6-7-8(2)9(12)10-11(3)4/h7H,5-6H2,1-4H3,(H,10,12)/b8-7+. The number of hydrogen-bond donors (Lipinski definition) is 1. The Morgan fingerprint density at radius 3 is 2.50 bits per heavy atom. The number of allylic oxidation sites excluding steroid dienone is 1. The third-order valence-corrected chi connectivity index (χ3v) is 1.42. The van der Waals surface area contributed by atoms with E-state index in [2.05, 4.69) is 12.3 Å². The van der Waals surface area contributed by atoms with Crippen LogP contribution in [0.4, 0.5) is 0 Å². The minimum atomic E-state index is -0.0200. The summed E-state index contributed by atoms with van der Waals surface area (Å²) in [5, 5.41) is 1.64. The molecule has 0 aliphatic rings. The maximum atomic E-state index is 11.2. The Balaban J connectivity index is 3.92. The Morgan fingerprint density at radius 1 is 1.50 bits per heavy atom. The summed E-state index contributed by atoms with van der Waals surface area (Å²) in [6.45, 7) is 3.92. The summed E-state index contributed by atoms with van der Waals surface area (Å²) in [4.78, 5) is 11.2. The van der Waals surface area contributed by atoms with Gasteiger partial charge in [0, 0.05) is 19.7 Å². The van der Waals surface area contributed by atoms with Crippen LogP contribution in [-0.2, 0) is 4.79 Å². The number of hydrazine groups is 1. The molecule has 3 nitrogen and oxygen atoms in total. The average molecular weight is 170 g/mol. The van der Waals surface area contributed by atoms with Crippen LogP contribution < -0.4 is 5.43 Å². The van der Waals surface area contributed by atoms with Crippen molar-refractivity contribution in [2.75, 3.05) is 14.1 Å². The molecule has 0 rings (SSSR count). The fourth-order valence-corrected chi connectivity index (χ4v) is 0.745. The zero-order valence-corrected chi connectivity index (χ0v) is 8.35. The van der Waals surface area contributed by atoms with Crippen molar-refractivity contribution < 1.29 is 4.79 Å². The molecule has 0 spiro atoms. The van der Waals surface area contributed by atoms with Crippen molar-refractivity contribution in [3.8, 4) is 0 Å². The molecule has 0 bridgehead atoms. The van der Waals surface area contributed by atoms with E-state index in [-0.39, 0.29) is 5.91 Å². The van der Waals surface area contributed by atoms with Gasteiger partial charge in [0.25, 0.3) is 5.91 Å². The molecule has 0 aromatic heterocycles. The monoisotopic (exact) mass is 170 g/mol. The van der Waals surface area contributed by atoms with E-state index < -0.39 is 0 Å². The molecule has 1 amide bonds. The highest BCUT2D eigenvalue weighted by Gasteiger charge is 2.02. The van der Waals surface area contributed by atoms with E-state index in [9.17, 15) is 4.79 Å². The molecular formula is C9H18N2O. The minimum Gasteiger partial charge on any atom is -0.286 e. The van der Waals surface area contributed by atoms with Crippen molar-refractivity contribution in [1.29, 1.82) is 0 Å². The van der Waals surface area contributed by atoms with Crippen LogP contribution in [-0.4, -0.2) is 25.0 Å². The molecule has 0 radical (unpaired) electrons. The Bertz CT molecular complexity index is 173. The molecule has 0 saturated carbocycles. The number of nitrogens with one attached hydrogen (secondary N) is 1. The molecule has 0 heterocycles. The van der Waals surface area contributed by atoms with Crippen LogP contribution in [0.2, 0.25) is 0 Å². The van der Waals surface area contributed by atoms with E-state index in [0.717, 1.165) is 18.4 Å². The second-order valence-electron chi connectivity index (χ2n) is 3.01. The fraction of sp³-hybridized carbons (Fsp3) is 0.667. The van der Waals surface area contributed by atoms with Gasteiger partial charge in [0.2, 0.25) is 0 Å². The normalized spacial score (nSPS) is 11.9. The van der Waals surface area contributed by atoms with Crippen molar-refractivity contribution in [3.63, 3.8) is 0 Å². The predicted molar refractivity (Wildman–Crippen MR) is 50.5 cm³/mol. The number of amides is 1. The number of hydrogen-bond acceptors (Lipinski definition) is 2. The molecule has 0 unspecified atom stereocenters. The van der Waals surface area contributed by atoms with Gasteiger partial charge in [-0.1, -0.05) is 19.4 Å². The molecule has 0 aliphatic heterocycles. The Hall–Kier alpha value is -0.830. The van der Waals surface area contributed by atoms with Crippen molar-refractivity contribution in [2.24, 2.45) is 0 Å². The molecular weight excluding hydrogens is 152 g/mol. The van der Waals surface area contributed by atoms with Crippen molar-refractivity contribution >= 4 is 5.91 Å². The average Bonchev–Trinajstić information content (AvgIpc) is 1.98. The summed E-state index contributed by atoms with van der Waals surface area (Å²) in [5.41, 5.74) is 3.46. The second kappa shape index (κ2) is 5.77. The third kappa shape index (κ3) is 4.91. The highest BCUT2D eigenvalue weighted by Crippen LogP contribution is 1.97. The first-order chi connectivity index (χ1) is 5.57.